The summed E-state index contributed by atoms with van der Waals surface area (Å²) in [5.74, 6) is -0.718. The number of halogens is 3. The first-order valence-electron chi connectivity index (χ1n) is 7.57. The summed E-state index contributed by atoms with van der Waals surface area (Å²) in [5, 5.41) is 9.57. The third kappa shape index (κ3) is 5.52. The van der Waals surface area contributed by atoms with Gasteiger partial charge in [0.2, 0.25) is 5.91 Å². The predicted octanol–water partition coefficient (Wildman–Crippen LogP) is 3.85. The molecule has 5 nitrogen and oxygen atoms in total. The highest BCUT2D eigenvalue weighted by Crippen LogP contribution is 2.25. The summed E-state index contributed by atoms with van der Waals surface area (Å²) >= 11 is 0.952. The molecule has 0 saturated carbocycles. The van der Waals surface area contributed by atoms with Crippen LogP contribution in [0.3, 0.4) is 0 Å². The topological polar surface area (TPSA) is 70.1 Å². The van der Waals surface area contributed by atoms with Gasteiger partial charge in [-0.2, -0.15) is 18.4 Å². The van der Waals surface area contributed by atoms with Gasteiger partial charge >= 0.3 is 6.18 Å². The lowest BCUT2D eigenvalue weighted by molar-refractivity contribution is -0.161. The largest absolute Gasteiger partial charge is 0.467 e. The Morgan fingerprint density at radius 2 is 2.15 bits per heavy atom. The second-order valence-corrected chi connectivity index (χ2v) is 6.57. The van der Waals surface area contributed by atoms with Gasteiger partial charge in [-0.3, -0.25) is 4.79 Å². The molecule has 0 radical (unpaired) electrons. The van der Waals surface area contributed by atoms with Crippen molar-refractivity contribution in [3.8, 4) is 6.07 Å². The molecule has 2 heterocycles. The molecule has 0 spiro atoms. The maximum absolute atomic E-state index is 12.8. The third-order valence-corrected chi connectivity index (χ3v) is 4.37. The molecule has 0 N–H and O–H groups in total. The summed E-state index contributed by atoms with van der Waals surface area (Å²) in [6.07, 6.45) is -3.19. The van der Waals surface area contributed by atoms with E-state index in [4.69, 9.17) is 4.42 Å². The lowest BCUT2D eigenvalue weighted by Crippen LogP contribution is -2.39. The minimum atomic E-state index is -4.52. The maximum Gasteiger partial charge on any atom is 0.406 e. The van der Waals surface area contributed by atoms with Crippen molar-refractivity contribution in [2.24, 2.45) is 0 Å². The second-order valence-electron chi connectivity index (χ2n) is 5.61. The number of hydrogen-bond acceptors (Lipinski definition) is 5. The van der Waals surface area contributed by atoms with Gasteiger partial charge in [-0.25, -0.2) is 4.98 Å². The highest BCUT2D eigenvalue weighted by atomic mass is 32.2. The highest BCUT2D eigenvalue weighted by molar-refractivity contribution is 8.00. The van der Waals surface area contributed by atoms with Gasteiger partial charge in [-0.05, 0) is 37.6 Å². The van der Waals surface area contributed by atoms with Crippen LogP contribution in [-0.4, -0.2) is 34.3 Å². The van der Waals surface area contributed by atoms with Crippen LogP contribution in [0.15, 0.2) is 33.9 Å². The van der Waals surface area contributed by atoms with E-state index in [2.05, 4.69) is 4.98 Å². The van der Waals surface area contributed by atoms with Crippen molar-refractivity contribution in [3.05, 3.63) is 47.0 Å². The molecule has 0 aliphatic heterocycles. The lowest BCUT2D eigenvalue weighted by atomic mass is 10.1. The quantitative estimate of drug-likeness (QED) is 0.709. The minimum Gasteiger partial charge on any atom is -0.467 e. The number of nitrogens with zero attached hydrogens (tertiary/aromatic N) is 3. The molecule has 138 valence electrons. The van der Waals surface area contributed by atoms with Gasteiger partial charge < -0.3 is 9.32 Å². The SMILES string of the molecule is Cc1cc(C)c(C#N)c(SCC(=O)N(Cc2ccco2)CC(F)(F)F)n1. The number of hydrogen-bond donors (Lipinski definition) is 0. The Hall–Kier alpha value is -2.47. The van der Waals surface area contributed by atoms with E-state index in [1.807, 2.05) is 6.07 Å². The molecule has 0 aliphatic rings. The summed E-state index contributed by atoms with van der Waals surface area (Å²) in [7, 11) is 0. The number of furan rings is 1. The average molecular weight is 383 g/mol. The Morgan fingerprint density at radius 3 is 2.73 bits per heavy atom. The normalized spacial score (nSPS) is 11.2. The number of aryl methyl sites for hydroxylation is 2. The van der Waals surface area contributed by atoms with Gasteiger partial charge in [0, 0.05) is 5.69 Å². The monoisotopic (exact) mass is 383 g/mol. The van der Waals surface area contributed by atoms with Crippen LogP contribution in [-0.2, 0) is 11.3 Å². The summed E-state index contributed by atoms with van der Waals surface area (Å²) < 4.78 is 43.4. The van der Waals surface area contributed by atoms with E-state index in [9.17, 15) is 23.2 Å². The standard InChI is InChI=1S/C17H16F3N3O2S/c1-11-6-12(2)22-16(14(11)7-21)26-9-15(24)23(10-17(18,19)20)8-13-4-3-5-25-13/h3-6H,8-10H2,1-2H3. The van der Waals surface area contributed by atoms with Crippen molar-refractivity contribution in [1.29, 1.82) is 5.26 Å². The van der Waals surface area contributed by atoms with E-state index >= 15 is 0 Å². The number of carbonyl (C=O) groups excluding carboxylic acids is 1. The summed E-state index contributed by atoms with van der Waals surface area (Å²) in [4.78, 5) is 17.2. The molecule has 2 rings (SSSR count). The zero-order valence-electron chi connectivity index (χ0n) is 14.1. The number of pyridine rings is 1. The molecule has 0 unspecified atom stereocenters. The molecule has 0 atom stereocenters. The molecular formula is C17H16F3N3O2S. The van der Waals surface area contributed by atoms with E-state index in [1.54, 1.807) is 26.0 Å². The smallest absolute Gasteiger partial charge is 0.406 e. The van der Waals surface area contributed by atoms with E-state index in [0.717, 1.165) is 11.8 Å². The summed E-state index contributed by atoms with van der Waals surface area (Å²) in [6.45, 7) is 1.83. The van der Waals surface area contributed by atoms with Crippen LogP contribution in [0.1, 0.15) is 22.6 Å². The number of carbonyl (C=O) groups is 1. The maximum atomic E-state index is 12.8. The molecule has 0 bridgehead atoms. The minimum absolute atomic E-state index is 0.259. The fourth-order valence-corrected chi connectivity index (χ4v) is 3.31. The number of thioether (sulfide) groups is 1. The van der Waals surface area contributed by atoms with Crippen LogP contribution in [0, 0.1) is 25.2 Å². The van der Waals surface area contributed by atoms with Crippen molar-refractivity contribution >= 4 is 17.7 Å². The number of aromatic nitrogens is 1. The average Bonchev–Trinajstić information content (AvgIpc) is 3.03. The Balaban J connectivity index is 2.13. The Bertz CT molecular complexity index is 814. The van der Waals surface area contributed by atoms with E-state index in [1.165, 1.54) is 12.3 Å². The van der Waals surface area contributed by atoms with E-state index < -0.39 is 18.6 Å². The predicted molar refractivity (Wildman–Crippen MR) is 89.3 cm³/mol. The van der Waals surface area contributed by atoms with Crippen LogP contribution in [0.5, 0.6) is 0 Å². The van der Waals surface area contributed by atoms with Gasteiger partial charge in [-0.1, -0.05) is 11.8 Å². The van der Waals surface area contributed by atoms with E-state index in [0.29, 0.717) is 26.7 Å². The first-order chi connectivity index (χ1) is 12.2. The van der Waals surface area contributed by atoms with Crippen molar-refractivity contribution in [1.82, 2.24) is 9.88 Å². The Labute approximate surface area is 152 Å². The molecule has 2 aromatic heterocycles. The van der Waals surface area contributed by atoms with E-state index in [-0.39, 0.29) is 18.1 Å². The van der Waals surface area contributed by atoms with Crippen LogP contribution in [0.2, 0.25) is 0 Å². The fraction of sp³-hybridized carbons (Fsp3) is 0.353. The van der Waals surface area contributed by atoms with Crippen LogP contribution < -0.4 is 0 Å². The van der Waals surface area contributed by atoms with Gasteiger partial charge in [0.25, 0.3) is 0 Å². The highest BCUT2D eigenvalue weighted by Gasteiger charge is 2.33. The molecule has 0 aromatic carbocycles. The number of rotatable bonds is 6. The Kier molecular flexibility index (Phi) is 6.32. The van der Waals surface area contributed by atoms with Gasteiger partial charge in [0.15, 0.2) is 0 Å². The number of amides is 1. The zero-order valence-corrected chi connectivity index (χ0v) is 14.9. The van der Waals surface area contributed by atoms with Crippen LogP contribution >= 0.6 is 11.8 Å². The molecule has 9 heteroatoms. The van der Waals surface area contributed by atoms with Crippen LogP contribution in [0.4, 0.5) is 13.2 Å². The first-order valence-corrected chi connectivity index (χ1v) is 8.56. The van der Waals surface area contributed by atoms with Crippen molar-refractivity contribution in [2.45, 2.75) is 31.6 Å². The zero-order chi connectivity index (χ0) is 19.3. The third-order valence-electron chi connectivity index (χ3n) is 3.41. The molecule has 0 saturated heterocycles. The molecule has 1 amide bonds. The van der Waals surface area contributed by atoms with Gasteiger partial charge in [0.05, 0.1) is 24.1 Å². The molecule has 0 aliphatic carbocycles. The lowest BCUT2D eigenvalue weighted by Gasteiger charge is -2.23. The van der Waals surface area contributed by atoms with Gasteiger partial charge in [-0.15, -0.1) is 0 Å². The Morgan fingerprint density at radius 1 is 1.42 bits per heavy atom. The van der Waals surface area contributed by atoms with Crippen molar-refractivity contribution in [2.75, 3.05) is 12.3 Å². The number of nitriles is 1. The fourth-order valence-electron chi connectivity index (χ4n) is 2.30. The van der Waals surface area contributed by atoms with Crippen molar-refractivity contribution < 1.29 is 22.4 Å². The number of alkyl halides is 3. The molecule has 2 aromatic rings. The van der Waals surface area contributed by atoms with Crippen molar-refractivity contribution in [3.63, 3.8) is 0 Å². The summed E-state index contributed by atoms with van der Waals surface area (Å²) in [5.41, 5.74) is 1.69. The second kappa shape index (κ2) is 8.27. The molecule has 26 heavy (non-hydrogen) atoms. The summed E-state index contributed by atoms with van der Waals surface area (Å²) in [6, 6.07) is 6.79. The van der Waals surface area contributed by atoms with Gasteiger partial charge in [0.1, 0.15) is 23.4 Å². The van der Waals surface area contributed by atoms with Crippen LogP contribution in [0.25, 0.3) is 0 Å². The molecular weight excluding hydrogens is 367 g/mol. The molecule has 0 fully saturated rings. The first kappa shape index (κ1) is 19.8.